The third-order valence-electron chi connectivity index (χ3n) is 2.74. The number of hydrogen-bond donors (Lipinski definition) is 2. The summed E-state index contributed by atoms with van der Waals surface area (Å²) in [5, 5.41) is 9.59. The highest BCUT2D eigenvalue weighted by Crippen LogP contribution is 2.30. The second-order valence-corrected chi connectivity index (χ2v) is 4.35. The maximum absolute atomic E-state index is 12.8. The standard InChI is InChI=1S/C12H15F3N6/c1-4-7-8(6-21(3)20-7)17-10-5-9(12(13,14)15)18-11(16-2)19-10/h5-6H,4H2,1-3H3,(H2,16,17,18,19). The van der Waals surface area contributed by atoms with Crippen LogP contribution >= 0.6 is 0 Å². The van der Waals surface area contributed by atoms with Gasteiger partial charge in [0.25, 0.3) is 0 Å². The van der Waals surface area contributed by atoms with Crippen LogP contribution in [-0.4, -0.2) is 26.8 Å². The highest BCUT2D eigenvalue weighted by Gasteiger charge is 2.33. The molecule has 0 saturated carbocycles. The Morgan fingerprint density at radius 3 is 2.57 bits per heavy atom. The van der Waals surface area contributed by atoms with E-state index in [0.717, 1.165) is 11.8 Å². The Labute approximate surface area is 119 Å². The third kappa shape index (κ3) is 3.41. The summed E-state index contributed by atoms with van der Waals surface area (Å²) >= 11 is 0. The number of anilines is 3. The van der Waals surface area contributed by atoms with Gasteiger partial charge in [-0.2, -0.15) is 23.3 Å². The highest BCUT2D eigenvalue weighted by atomic mass is 19.4. The second-order valence-electron chi connectivity index (χ2n) is 4.35. The van der Waals surface area contributed by atoms with Gasteiger partial charge >= 0.3 is 6.18 Å². The Balaban J connectivity index is 2.39. The molecular formula is C12H15F3N6. The van der Waals surface area contributed by atoms with E-state index in [9.17, 15) is 13.2 Å². The smallest absolute Gasteiger partial charge is 0.357 e. The quantitative estimate of drug-likeness (QED) is 0.908. The Kier molecular flexibility index (Phi) is 4.01. The molecule has 0 spiro atoms. The lowest BCUT2D eigenvalue weighted by Gasteiger charge is -2.11. The monoisotopic (exact) mass is 300 g/mol. The van der Waals surface area contributed by atoms with E-state index in [-0.39, 0.29) is 11.8 Å². The summed E-state index contributed by atoms with van der Waals surface area (Å²) < 4.78 is 40.0. The van der Waals surface area contributed by atoms with Crippen molar-refractivity contribution in [1.82, 2.24) is 19.7 Å². The molecule has 21 heavy (non-hydrogen) atoms. The zero-order valence-corrected chi connectivity index (χ0v) is 11.8. The normalized spacial score (nSPS) is 11.5. The Bertz CT molecular complexity index is 634. The first-order valence-corrected chi connectivity index (χ1v) is 6.27. The number of hydrogen-bond acceptors (Lipinski definition) is 5. The van der Waals surface area contributed by atoms with E-state index < -0.39 is 11.9 Å². The Hall–Kier alpha value is -2.32. The largest absolute Gasteiger partial charge is 0.433 e. The van der Waals surface area contributed by atoms with E-state index >= 15 is 0 Å². The lowest BCUT2D eigenvalue weighted by Crippen LogP contribution is -2.12. The average molecular weight is 300 g/mol. The van der Waals surface area contributed by atoms with Gasteiger partial charge in [0, 0.05) is 26.4 Å². The van der Waals surface area contributed by atoms with E-state index in [1.54, 1.807) is 17.9 Å². The molecule has 2 N–H and O–H groups in total. The van der Waals surface area contributed by atoms with Gasteiger partial charge in [0.2, 0.25) is 5.95 Å². The molecule has 6 nitrogen and oxygen atoms in total. The Morgan fingerprint density at radius 1 is 1.29 bits per heavy atom. The van der Waals surface area contributed by atoms with Crippen LogP contribution in [0.15, 0.2) is 12.3 Å². The molecule has 2 aromatic rings. The fourth-order valence-electron chi connectivity index (χ4n) is 1.81. The maximum Gasteiger partial charge on any atom is 0.433 e. The van der Waals surface area contributed by atoms with Gasteiger partial charge in [0.1, 0.15) is 5.82 Å². The molecule has 0 aliphatic heterocycles. The molecule has 9 heteroatoms. The van der Waals surface area contributed by atoms with E-state index in [1.165, 1.54) is 7.05 Å². The summed E-state index contributed by atoms with van der Waals surface area (Å²) in [6.07, 6.45) is -2.19. The number of rotatable bonds is 4. The Morgan fingerprint density at radius 2 is 2.00 bits per heavy atom. The molecule has 0 fully saturated rings. The molecule has 0 aliphatic carbocycles. The molecule has 0 atom stereocenters. The molecule has 0 aromatic carbocycles. The van der Waals surface area contributed by atoms with E-state index in [0.29, 0.717) is 12.1 Å². The van der Waals surface area contributed by atoms with Gasteiger partial charge in [-0.15, -0.1) is 0 Å². The fourth-order valence-corrected chi connectivity index (χ4v) is 1.81. The third-order valence-corrected chi connectivity index (χ3v) is 2.74. The van der Waals surface area contributed by atoms with E-state index in [2.05, 4.69) is 25.7 Å². The minimum atomic E-state index is -4.53. The van der Waals surface area contributed by atoms with Crippen molar-refractivity contribution in [2.45, 2.75) is 19.5 Å². The van der Waals surface area contributed by atoms with Crippen molar-refractivity contribution >= 4 is 17.5 Å². The molecule has 2 aromatic heterocycles. The minimum absolute atomic E-state index is 0.0596. The van der Waals surface area contributed by atoms with Crippen LogP contribution in [0.3, 0.4) is 0 Å². The summed E-state index contributed by atoms with van der Waals surface area (Å²) in [4.78, 5) is 7.38. The zero-order valence-electron chi connectivity index (χ0n) is 11.8. The summed E-state index contributed by atoms with van der Waals surface area (Å²) in [5.41, 5.74) is 0.357. The number of alkyl halides is 3. The molecule has 0 amide bonds. The molecule has 0 aliphatic rings. The summed E-state index contributed by atoms with van der Waals surface area (Å²) in [7, 11) is 3.20. The SMILES string of the molecule is CCc1nn(C)cc1Nc1cc(C(F)(F)F)nc(NC)n1. The minimum Gasteiger partial charge on any atom is -0.357 e. The molecule has 2 heterocycles. The molecule has 2 rings (SSSR count). The van der Waals surface area contributed by atoms with Crippen molar-refractivity contribution < 1.29 is 13.2 Å². The number of halogens is 3. The van der Waals surface area contributed by atoms with Crippen molar-refractivity contribution in [3.8, 4) is 0 Å². The average Bonchev–Trinajstić information content (AvgIpc) is 2.77. The predicted molar refractivity (Wildman–Crippen MR) is 72.4 cm³/mol. The molecule has 0 bridgehead atoms. The van der Waals surface area contributed by atoms with Gasteiger partial charge in [-0.25, -0.2) is 4.98 Å². The second kappa shape index (κ2) is 5.58. The lowest BCUT2D eigenvalue weighted by atomic mass is 10.3. The van der Waals surface area contributed by atoms with Crippen molar-refractivity contribution in [3.05, 3.63) is 23.7 Å². The van der Waals surface area contributed by atoms with Crippen LogP contribution < -0.4 is 10.6 Å². The topological polar surface area (TPSA) is 67.7 Å². The summed E-state index contributed by atoms with van der Waals surface area (Å²) in [5.74, 6) is -0.0429. The van der Waals surface area contributed by atoms with Crippen LogP contribution in [0.2, 0.25) is 0 Å². The number of nitrogens with zero attached hydrogens (tertiary/aromatic N) is 4. The molecular weight excluding hydrogens is 285 g/mol. The van der Waals surface area contributed by atoms with Crippen LogP contribution in [0.5, 0.6) is 0 Å². The summed E-state index contributed by atoms with van der Waals surface area (Å²) in [6.45, 7) is 1.91. The van der Waals surface area contributed by atoms with E-state index in [1.807, 2.05) is 6.92 Å². The van der Waals surface area contributed by atoms with E-state index in [4.69, 9.17) is 0 Å². The van der Waals surface area contributed by atoms with Crippen LogP contribution in [0.25, 0.3) is 0 Å². The number of aryl methyl sites for hydroxylation is 2. The first kappa shape index (κ1) is 15.1. The lowest BCUT2D eigenvalue weighted by molar-refractivity contribution is -0.141. The van der Waals surface area contributed by atoms with Crippen LogP contribution in [0.1, 0.15) is 18.3 Å². The van der Waals surface area contributed by atoms with Crippen molar-refractivity contribution in [3.63, 3.8) is 0 Å². The van der Waals surface area contributed by atoms with Gasteiger partial charge in [0.15, 0.2) is 5.69 Å². The van der Waals surface area contributed by atoms with Crippen molar-refractivity contribution in [2.75, 3.05) is 17.7 Å². The number of nitrogens with one attached hydrogen (secondary N) is 2. The molecule has 0 unspecified atom stereocenters. The number of aromatic nitrogens is 4. The van der Waals surface area contributed by atoms with Gasteiger partial charge < -0.3 is 10.6 Å². The van der Waals surface area contributed by atoms with Crippen LogP contribution in [-0.2, 0) is 19.6 Å². The van der Waals surface area contributed by atoms with Gasteiger partial charge in [-0.05, 0) is 6.42 Å². The first-order valence-electron chi connectivity index (χ1n) is 6.27. The summed E-state index contributed by atoms with van der Waals surface area (Å²) in [6, 6.07) is 0.868. The predicted octanol–water partition coefficient (Wildman–Crippen LogP) is 2.58. The first-order chi connectivity index (χ1) is 9.83. The molecule has 0 radical (unpaired) electrons. The van der Waals surface area contributed by atoms with Gasteiger partial charge in [0.05, 0.1) is 11.4 Å². The van der Waals surface area contributed by atoms with Gasteiger partial charge in [-0.3, -0.25) is 4.68 Å². The van der Waals surface area contributed by atoms with Crippen molar-refractivity contribution in [1.29, 1.82) is 0 Å². The van der Waals surface area contributed by atoms with Gasteiger partial charge in [-0.1, -0.05) is 6.92 Å². The fraction of sp³-hybridized carbons (Fsp3) is 0.417. The van der Waals surface area contributed by atoms with Crippen molar-refractivity contribution in [2.24, 2.45) is 7.05 Å². The van der Waals surface area contributed by atoms with Crippen LogP contribution in [0.4, 0.5) is 30.6 Å². The van der Waals surface area contributed by atoms with Crippen LogP contribution in [0, 0.1) is 0 Å². The maximum atomic E-state index is 12.8. The molecule has 114 valence electrons. The zero-order chi connectivity index (χ0) is 15.6. The highest BCUT2D eigenvalue weighted by molar-refractivity contribution is 5.59. The molecule has 0 saturated heterocycles.